The summed E-state index contributed by atoms with van der Waals surface area (Å²) in [6, 6.07) is 8.64. The predicted octanol–water partition coefficient (Wildman–Crippen LogP) is 4.38. The Labute approximate surface area is 128 Å². The maximum absolute atomic E-state index is 5.95. The lowest BCUT2D eigenvalue weighted by atomic mass is 9.94. The Kier molecular flexibility index (Phi) is 3.71. The average molecular weight is 286 g/mol. The van der Waals surface area contributed by atoms with E-state index >= 15 is 0 Å². The molecule has 2 aliphatic heterocycles. The minimum absolute atomic E-state index is 0.0864. The topological polar surface area (TPSA) is 25.1 Å². The summed E-state index contributed by atoms with van der Waals surface area (Å²) in [5.41, 5.74) is 2.75. The van der Waals surface area contributed by atoms with Gasteiger partial charge in [-0.1, -0.05) is 36.9 Å². The van der Waals surface area contributed by atoms with Crippen molar-refractivity contribution < 1.29 is 9.47 Å². The third kappa shape index (κ3) is 3.38. The van der Waals surface area contributed by atoms with Gasteiger partial charge < -0.3 is 9.47 Å². The van der Waals surface area contributed by atoms with E-state index in [4.69, 9.17) is 9.47 Å². The van der Waals surface area contributed by atoms with Crippen LogP contribution < -0.4 is 0 Å². The van der Waals surface area contributed by atoms with E-state index in [1.54, 1.807) is 0 Å². The van der Waals surface area contributed by atoms with Gasteiger partial charge in [0.05, 0.1) is 23.4 Å². The van der Waals surface area contributed by atoms with Gasteiger partial charge >= 0.3 is 0 Å². The number of hydrogen-bond acceptors (Lipinski definition) is 2. The SMILES string of the molecule is C=Cc1ccc(CCC2OC2(C)CCC2OC2(C)C)cc1. The van der Waals surface area contributed by atoms with E-state index in [0.29, 0.717) is 12.2 Å². The molecule has 0 saturated carbocycles. The van der Waals surface area contributed by atoms with Crippen LogP contribution in [0.5, 0.6) is 0 Å². The first-order chi connectivity index (χ1) is 9.93. The Morgan fingerprint density at radius 3 is 2.29 bits per heavy atom. The van der Waals surface area contributed by atoms with E-state index in [2.05, 4.69) is 51.6 Å². The molecule has 114 valence electrons. The minimum atomic E-state index is 0.0864. The second kappa shape index (κ2) is 5.26. The molecule has 3 rings (SSSR count). The van der Waals surface area contributed by atoms with Crippen LogP contribution in [0.15, 0.2) is 30.8 Å². The zero-order valence-electron chi connectivity index (χ0n) is 13.4. The Morgan fingerprint density at radius 2 is 1.71 bits per heavy atom. The van der Waals surface area contributed by atoms with Crippen LogP contribution in [0.4, 0.5) is 0 Å². The fourth-order valence-corrected chi connectivity index (χ4v) is 3.15. The second-order valence-corrected chi connectivity index (χ2v) is 7.15. The lowest BCUT2D eigenvalue weighted by molar-refractivity contribution is 0.274. The van der Waals surface area contributed by atoms with Gasteiger partial charge in [-0.2, -0.15) is 0 Å². The fraction of sp³-hybridized carbons (Fsp3) is 0.579. The van der Waals surface area contributed by atoms with Crippen molar-refractivity contribution in [3.63, 3.8) is 0 Å². The molecule has 2 nitrogen and oxygen atoms in total. The number of benzene rings is 1. The van der Waals surface area contributed by atoms with Crippen molar-refractivity contribution in [1.82, 2.24) is 0 Å². The Balaban J connectivity index is 1.41. The highest BCUT2D eigenvalue weighted by Crippen LogP contribution is 2.47. The average Bonchev–Trinajstić information content (AvgIpc) is 3.31. The number of epoxide rings is 2. The largest absolute Gasteiger partial charge is 0.367 e. The summed E-state index contributed by atoms with van der Waals surface area (Å²) >= 11 is 0. The van der Waals surface area contributed by atoms with Crippen molar-refractivity contribution >= 4 is 6.08 Å². The fourth-order valence-electron chi connectivity index (χ4n) is 3.15. The third-order valence-corrected chi connectivity index (χ3v) is 5.01. The Hall–Kier alpha value is -1.12. The van der Waals surface area contributed by atoms with Gasteiger partial charge in [-0.15, -0.1) is 0 Å². The standard InChI is InChI=1S/C19H26O2/c1-5-14-6-8-15(9-7-14)10-11-17-19(4,21-17)13-12-16-18(2,3)20-16/h5-9,16-17H,1,10-13H2,2-4H3. The molecular weight excluding hydrogens is 260 g/mol. The van der Waals surface area contributed by atoms with Gasteiger partial charge in [0.1, 0.15) is 0 Å². The van der Waals surface area contributed by atoms with Crippen LogP contribution in [0.3, 0.4) is 0 Å². The van der Waals surface area contributed by atoms with Crippen LogP contribution in [0, 0.1) is 0 Å². The predicted molar refractivity (Wildman–Crippen MR) is 86.3 cm³/mol. The van der Waals surface area contributed by atoms with Gasteiger partial charge in [-0.05, 0) is 57.6 Å². The summed E-state index contributed by atoms with van der Waals surface area (Å²) in [6.07, 6.45) is 7.16. The normalized spacial score (nSPS) is 32.7. The van der Waals surface area contributed by atoms with E-state index in [0.717, 1.165) is 25.7 Å². The van der Waals surface area contributed by atoms with Crippen LogP contribution in [0.2, 0.25) is 0 Å². The summed E-state index contributed by atoms with van der Waals surface area (Å²) in [4.78, 5) is 0. The quantitative estimate of drug-likeness (QED) is 0.695. The molecule has 0 spiro atoms. The highest BCUT2D eigenvalue weighted by Gasteiger charge is 2.54. The zero-order valence-corrected chi connectivity index (χ0v) is 13.4. The molecule has 2 fully saturated rings. The summed E-state index contributed by atoms with van der Waals surface area (Å²) in [5.74, 6) is 0. The van der Waals surface area contributed by atoms with Crippen molar-refractivity contribution in [1.29, 1.82) is 0 Å². The van der Waals surface area contributed by atoms with Crippen LogP contribution in [-0.2, 0) is 15.9 Å². The van der Waals surface area contributed by atoms with E-state index in [9.17, 15) is 0 Å². The molecule has 0 radical (unpaired) electrons. The first-order valence-electron chi connectivity index (χ1n) is 8.00. The van der Waals surface area contributed by atoms with Crippen LogP contribution >= 0.6 is 0 Å². The molecule has 0 amide bonds. The summed E-state index contributed by atoms with van der Waals surface area (Å²) in [6.45, 7) is 10.4. The number of aryl methyl sites for hydroxylation is 1. The van der Waals surface area contributed by atoms with Crippen LogP contribution in [0.25, 0.3) is 6.08 Å². The number of rotatable bonds is 7. The van der Waals surface area contributed by atoms with Crippen LogP contribution in [-0.4, -0.2) is 23.4 Å². The van der Waals surface area contributed by atoms with Gasteiger partial charge in [0.25, 0.3) is 0 Å². The highest BCUT2D eigenvalue weighted by atomic mass is 16.6. The minimum Gasteiger partial charge on any atom is -0.367 e. The molecule has 1 aromatic rings. The Bertz CT molecular complexity index is 517. The molecule has 3 atom stereocenters. The third-order valence-electron chi connectivity index (χ3n) is 5.01. The molecule has 0 aliphatic carbocycles. The van der Waals surface area contributed by atoms with Gasteiger partial charge in [0, 0.05) is 0 Å². The second-order valence-electron chi connectivity index (χ2n) is 7.15. The van der Waals surface area contributed by atoms with E-state index in [1.807, 2.05) is 6.08 Å². The first-order valence-corrected chi connectivity index (χ1v) is 8.00. The summed E-state index contributed by atoms with van der Waals surface area (Å²) in [5, 5.41) is 0. The molecule has 2 heteroatoms. The maximum Gasteiger partial charge on any atom is 0.0921 e. The smallest absolute Gasteiger partial charge is 0.0921 e. The van der Waals surface area contributed by atoms with Gasteiger partial charge in [-0.3, -0.25) is 0 Å². The molecule has 2 saturated heterocycles. The molecule has 21 heavy (non-hydrogen) atoms. The van der Waals surface area contributed by atoms with E-state index < -0.39 is 0 Å². The zero-order chi connectivity index (χ0) is 15.1. The highest BCUT2D eigenvalue weighted by molar-refractivity contribution is 5.47. The summed E-state index contributed by atoms with van der Waals surface area (Å²) < 4.78 is 11.6. The lowest BCUT2D eigenvalue weighted by Gasteiger charge is -2.06. The molecule has 0 N–H and O–H groups in total. The van der Waals surface area contributed by atoms with Gasteiger partial charge in [0.15, 0.2) is 0 Å². The lowest BCUT2D eigenvalue weighted by Crippen LogP contribution is -2.13. The molecule has 0 aromatic heterocycles. The van der Waals surface area contributed by atoms with Crippen molar-refractivity contribution in [2.75, 3.05) is 0 Å². The number of ether oxygens (including phenoxy) is 2. The van der Waals surface area contributed by atoms with Gasteiger partial charge in [-0.25, -0.2) is 0 Å². The van der Waals surface area contributed by atoms with Crippen molar-refractivity contribution in [3.05, 3.63) is 42.0 Å². The summed E-state index contributed by atoms with van der Waals surface area (Å²) in [7, 11) is 0. The molecular formula is C19H26O2. The van der Waals surface area contributed by atoms with Crippen molar-refractivity contribution in [2.45, 2.75) is 69.9 Å². The number of hydrogen-bond donors (Lipinski definition) is 0. The molecule has 1 aromatic carbocycles. The molecule has 0 bridgehead atoms. The monoisotopic (exact) mass is 286 g/mol. The molecule has 3 unspecified atom stereocenters. The van der Waals surface area contributed by atoms with E-state index in [-0.39, 0.29) is 11.2 Å². The van der Waals surface area contributed by atoms with Crippen LogP contribution in [0.1, 0.15) is 51.2 Å². The molecule has 2 aliphatic rings. The maximum atomic E-state index is 5.95. The molecule has 2 heterocycles. The Morgan fingerprint density at radius 1 is 1.05 bits per heavy atom. The van der Waals surface area contributed by atoms with Crippen molar-refractivity contribution in [2.24, 2.45) is 0 Å². The van der Waals surface area contributed by atoms with Gasteiger partial charge in [0.2, 0.25) is 0 Å². The van der Waals surface area contributed by atoms with Crippen molar-refractivity contribution in [3.8, 4) is 0 Å². The first kappa shape index (κ1) is 14.8. The van der Waals surface area contributed by atoms with E-state index in [1.165, 1.54) is 11.1 Å².